The second-order valence-electron chi connectivity index (χ2n) is 2.75. The third-order valence-electron chi connectivity index (χ3n) is 1.62. The molecule has 74 valence electrons. The van der Waals surface area contributed by atoms with Crippen LogP contribution in [0.1, 0.15) is 0 Å². The van der Waals surface area contributed by atoms with Crippen molar-refractivity contribution < 1.29 is 9.32 Å². The van der Waals surface area contributed by atoms with Crippen molar-refractivity contribution >= 4 is 35.2 Å². The zero-order valence-corrected chi connectivity index (χ0v) is 9.70. The van der Waals surface area contributed by atoms with Crippen LogP contribution in [0.25, 0.3) is 0 Å². The molecule has 1 aliphatic rings. The minimum absolute atomic E-state index is 0.0794. The van der Waals surface area contributed by atoms with Crippen molar-refractivity contribution in [3.05, 3.63) is 30.3 Å². The summed E-state index contributed by atoms with van der Waals surface area (Å²) in [5.41, 5.74) is 0.566. The molecule has 0 spiro atoms. The van der Waals surface area contributed by atoms with Crippen LogP contribution < -0.4 is 9.61 Å². The van der Waals surface area contributed by atoms with Gasteiger partial charge in [-0.25, -0.2) is 0 Å². The molecule has 14 heavy (non-hydrogen) atoms. The summed E-state index contributed by atoms with van der Waals surface area (Å²) in [7, 11) is 0. The first-order valence-corrected chi connectivity index (χ1v) is 7.86. The Balaban J connectivity index is 2.12. The fourth-order valence-electron chi connectivity index (χ4n) is 1.05. The van der Waals surface area contributed by atoms with Gasteiger partial charge in [0, 0.05) is 0 Å². The molecule has 0 saturated carbocycles. The van der Waals surface area contributed by atoms with Crippen molar-refractivity contribution in [1.29, 1.82) is 0 Å². The summed E-state index contributed by atoms with van der Waals surface area (Å²) in [6.45, 7) is 0. The van der Waals surface area contributed by atoms with Crippen LogP contribution in [-0.4, -0.2) is 10.7 Å². The number of nitrogens with one attached hydrogen (secondary N) is 1. The lowest BCUT2D eigenvalue weighted by atomic mass is 10.3. The fourth-order valence-corrected chi connectivity index (χ4v) is 5.31. The number of hydrogen-bond donors (Lipinski definition) is 1. The Morgan fingerprint density at radius 3 is 2.71 bits per heavy atom. The Labute approximate surface area is 91.4 Å². The van der Waals surface area contributed by atoms with Gasteiger partial charge in [-0.2, -0.15) is 0 Å². The van der Waals surface area contributed by atoms with Crippen LogP contribution >= 0.6 is 18.2 Å². The van der Waals surface area contributed by atoms with Crippen molar-refractivity contribution in [3.63, 3.8) is 0 Å². The van der Waals surface area contributed by atoms with Gasteiger partial charge in [0.2, 0.25) is 6.42 Å². The molecule has 1 saturated heterocycles. The topological polar surface area (TPSA) is 38.3 Å². The Morgan fingerprint density at radius 1 is 1.43 bits per heavy atom. The third kappa shape index (κ3) is 2.29. The molecule has 0 aliphatic carbocycles. The predicted molar refractivity (Wildman–Crippen MR) is 62.3 cm³/mol. The minimum atomic E-state index is -2.15. The van der Waals surface area contributed by atoms with E-state index in [4.69, 9.17) is 16.3 Å². The summed E-state index contributed by atoms with van der Waals surface area (Å²) in [5.74, 6) is 0.721. The summed E-state index contributed by atoms with van der Waals surface area (Å²) < 4.78 is 5.61. The number of para-hydroxylation sites is 1. The van der Waals surface area contributed by atoms with Crippen LogP contribution in [0.3, 0.4) is 0 Å². The molecule has 1 atom stereocenters. The molecule has 1 amide bonds. The van der Waals surface area contributed by atoms with Crippen molar-refractivity contribution in [2.75, 3.05) is 5.49 Å². The first kappa shape index (κ1) is 10.0. The molecule has 0 radical (unpaired) electrons. The molecule has 6 heteroatoms. The van der Waals surface area contributed by atoms with E-state index < -0.39 is 6.42 Å². The highest BCUT2D eigenvalue weighted by atomic mass is 32.5. The smallest absolute Gasteiger partial charge is 0.285 e. The molecular formula is C8H8NO2PS2. The fraction of sp³-hybridized carbons (Fsp3) is 0.125. The Morgan fingerprint density at radius 2 is 2.14 bits per heavy atom. The average molecular weight is 245 g/mol. The van der Waals surface area contributed by atoms with Crippen LogP contribution in [-0.2, 0) is 11.8 Å². The molecule has 1 fully saturated rings. The molecular weight excluding hydrogens is 237 g/mol. The predicted octanol–water partition coefficient (Wildman–Crippen LogP) is 2.79. The SMILES string of the molecule is O=C1NP(=S)(Oc2ccccc2)CS1. The molecule has 1 heterocycles. The van der Waals surface area contributed by atoms with Crippen molar-refractivity contribution in [2.45, 2.75) is 0 Å². The van der Waals surface area contributed by atoms with Gasteiger partial charge in [0.25, 0.3) is 5.24 Å². The van der Waals surface area contributed by atoms with Gasteiger partial charge in [0.15, 0.2) is 0 Å². The second-order valence-corrected chi connectivity index (χ2v) is 7.97. The maximum absolute atomic E-state index is 11.0. The summed E-state index contributed by atoms with van der Waals surface area (Å²) in [6.07, 6.45) is -2.15. The lowest BCUT2D eigenvalue weighted by molar-refractivity contribution is 0.265. The largest absolute Gasteiger partial charge is 0.448 e. The van der Waals surface area contributed by atoms with E-state index in [1.165, 1.54) is 11.8 Å². The molecule has 2 rings (SSSR count). The highest BCUT2D eigenvalue weighted by molar-refractivity contribution is 8.28. The second kappa shape index (κ2) is 3.93. The number of carbonyl (C=O) groups excluding carboxylic acids is 1. The van der Waals surface area contributed by atoms with Gasteiger partial charge in [-0.15, -0.1) is 0 Å². The zero-order chi connectivity index (χ0) is 10.0. The van der Waals surface area contributed by atoms with Gasteiger partial charge < -0.3 is 4.52 Å². The van der Waals surface area contributed by atoms with Crippen LogP contribution in [0.5, 0.6) is 5.75 Å². The van der Waals surface area contributed by atoms with E-state index in [2.05, 4.69) is 5.09 Å². The van der Waals surface area contributed by atoms with Crippen LogP contribution in [0, 0.1) is 0 Å². The Hall–Kier alpha value is -0.510. The van der Waals surface area contributed by atoms with Crippen molar-refractivity contribution in [2.24, 2.45) is 0 Å². The number of thioether (sulfide) groups is 1. The Kier molecular flexibility index (Phi) is 2.81. The normalized spacial score (nSPS) is 25.9. The van der Waals surface area contributed by atoms with Crippen molar-refractivity contribution in [1.82, 2.24) is 5.09 Å². The number of carbonyl (C=O) groups is 1. The first-order chi connectivity index (χ1) is 6.68. The van der Waals surface area contributed by atoms with E-state index in [0.717, 1.165) is 5.75 Å². The van der Waals surface area contributed by atoms with E-state index in [-0.39, 0.29) is 5.24 Å². The summed E-state index contributed by atoms with van der Waals surface area (Å²) in [4.78, 5) is 11.0. The molecule has 1 aromatic carbocycles. The highest BCUT2D eigenvalue weighted by Crippen LogP contribution is 2.51. The van der Waals surface area contributed by atoms with Crippen LogP contribution in [0.4, 0.5) is 4.79 Å². The number of benzene rings is 1. The number of amides is 1. The van der Waals surface area contributed by atoms with Crippen LogP contribution in [0.2, 0.25) is 0 Å². The Bertz CT molecular complexity index is 396. The summed E-state index contributed by atoms with van der Waals surface area (Å²) >= 11 is 6.46. The van der Waals surface area contributed by atoms with E-state index >= 15 is 0 Å². The van der Waals surface area contributed by atoms with Gasteiger partial charge >= 0.3 is 0 Å². The molecule has 1 aliphatic heterocycles. The summed E-state index contributed by atoms with van der Waals surface area (Å²) in [6, 6.07) is 9.33. The molecule has 0 aromatic heterocycles. The molecule has 1 N–H and O–H groups in total. The standard InChI is InChI=1S/C8H8NO2PS2/c10-8-9-12(13,6-14-8)11-7-4-2-1-3-5-7/h1-5H,6H2,(H,9,10,13). The zero-order valence-electron chi connectivity index (χ0n) is 7.17. The monoisotopic (exact) mass is 245 g/mol. The van der Waals surface area contributed by atoms with Gasteiger partial charge in [0.05, 0.1) is 5.49 Å². The maximum atomic E-state index is 11.0. The average Bonchev–Trinajstić information content (AvgIpc) is 2.47. The molecule has 1 unspecified atom stereocenters. The van der Waals surface area contributed by atoms with E-state index in [1.807, 2.05) is 30.3 Å². The molecule has 0 bridgehead atoms. The number of hydrogen-bond acceptors (Lipinski definition) is 4. The van der Waals surface area contributed by atoms with Gasteiger partial charge in [0.1, 0.15) is 5.75 Å². The molecule has 3 nitrogen and oxygen atoms in total. The summed E-state index contributed by atoms with van der Waals surface area (Å²) in [5, 5.41) is 2.63. The lowest BCUT2D eigenvalue weighted by Crippen LogP contribution is -2.10. The first-order valence-electron chi connectivity index (χ1n) is 3.97. The highest BCUT2D eigenvalue weighted by Gasteiger charge is 2.30. The third-order valence-corrected chi connectivity index (χ3v) is 6.51. The van der Waals surface area contributed by atoms with Gasteiger partial charge in [-0.05, 0) is 23.9 Å². The van der Waals surface area contributed by atoms with E-state index in [0.29, 0.717) is 5.49 Å². The minimum Gasteiger partial charge on any atom is -0.448 e. The lowest BCUT2D eigenvalue weighted by Gasteiger charge is -2.15. The molecule has 1 aromatic rings. The van der Waals surface area contributed by atoms with Crippen molar-refractivity contribution in [3.8, 4) is 5.75 Å². The van der Waals surface area contributed by atoms with E-state index in [9.17, 15) is 4.79 Å². The quantitative estimate of drug-likeness (QED) is 0.813. The van der Waals surface area contributed by atoms with E-state index in [1.54, 1.807) is 0 Å². The maximum Gasteiger partial charge on any atom is 0.285 e. The van der Waals surface area contributed by atoms with Gasteiger partial charge in [-0.3, -0.25) is 9.88 Å². The van der Waals surface area contributed by atoms with Crippen LogP contribution in [0.15, 0.2) is 30.3 Å². The van der Waals surface area contributed by atoms with Gasteiger partial charge in [-0.1, -0.05) is 30.0 Å². The number of rotatable bonds is 2.